The monoisotopic (exact) mass is 234 g/mol. The predicted molar refractivity (Wildman–Crippen MR) is 67.4 cm³/mol. The van der Waals surface area contributed by atoms with Gasteiger partial charge in [-0.25, -0.2) is 0 Å². The fourth-order valence-corrected chi connectivity index (χ4v) is 3.57. The molecule has 4 atom stereocenters. The standard InChI is InChI=1S/C14H22N2O/c17-14(13-8-11-1-2-12(13)7-11)16-6-4-10-3-5-15-9-10/h1-2,10-13,15H,3-9H2,(H,16,17). The van der Waals surface area contributed by atoms with E-state index in [4.69, 9.17) is 0 Å². The van der Waals surface area contributed by atoms with Gasteiger partial charge in [0.25, 0.3) is 0 Å². The van der Waals surface area contributed by atoms with Gasteiger partial charge >= 0.3 is 0 Å². The molecular weight excluding hydrogens is 212 g/mol. The maximum Gasteiger partial charge on any atom is 0.223 e. The van der Waals surface area contributed by atoms with E-state index in [9.17, 15) is 4.79 Å². The van der Waals surface area contributed by atoms with Crippen LogP contribution in [0.15, 0.2) is 12.2 Å². The highest BCUT2D eigenvalue weighted by Gasteiger charge is 2.39. The summed E-state index contributed by atoms with van der Waals surface area (Å²) in [5.41, 5.74) is 0. The molecule has 94 valence electrons. The third-order valence-corrected chi connectivity index (χ3v) is 4.63. The molecule has 3 nitrogen and oxygen atoms in total. The van der Waals surface area contributed by atoms with Crippen LogP contribution in [-0.4, -0.2) is 25.5 Å². The minimum absolute atomic E-state index is 0.270. The Hall–Kier alpha value is -0.830. The van der Waals surface area contributed by atoms with Gasteiger partial charge in [0, 0.05) is 12.5 Å². The molecule has 2 bridgehead atoms. The van der Waals surface area contributed by atoms with Crippen LogP contribution in [0.4, 0.5) is 0 Å². The number of allylic oxidation sites excluding steroid dienone is 2. The van der Waals surface area contributed by atoms with E-state index in [1.807, 2.05) is 0 Å². The lowest BCUT2D eigenvalue weighted by molar-refractivity contribution is -0.125. The van der Waals surface area contributed by atoms with E-state index in [0.29, 0.717) is 17.7 Å². The summed E-state index contributed by atoms with van der Waals surface area (Å²) in [5.74, 6) is 2.57. The van der Waals surface area contributed by atoms with Crippen LogP contribution in [0.25, 0.3) is 0 Å². The molecule has 0 aromatic carbocycles. The molecule has 0 aromatic rings. The zero-order chi connectivity index (χ0) is 11.7. The second-order valence-electron chi connectivity index (χ2n) is 5.83. The molecule has 17 heavy (non-hydrogen) atoms. The van der Waals surface area contributed by atoms with Crippen molar-refractivity contribution < 1.29 is 4.79 Å². The van der Waals surface area contributed by atoms with E-state index in [1.54, 1.807) is 0 Å². The summed E-state index contributed by atoms with van der Waals surface area (Å²) in [4.78, 5) is 12.0. The molecule has 2 aliphatic carbocycles. The van der Waals surface area contributed by atoms with Gasteiger partial charge in [-0.1, -0.05) is 12.2 Å². The fourth-order valence-electron chi connectivity index (χ4n) is 3.57. The van der Waals surface area contributed by atoms with E-state index in [1.165, 1.54) is 12.8 Å². The third kappa shape index (κ3) is 2.39. The van der Waals surface area contributed by atoms with Crippen LogP contribution in [0.1, 0.15) is 25.7 Å². The summed E-state index contributed by atoms with van der Waals surface area (Å²) < 4.78 is 0. The number of hydrogen-bond acceptors (Lipinski definition) is 2. The molecular formula is C14H22N2O. The summed E-state index contributed by atoms with van der Waals surface area (Å²) >= 11 is 0. The first-order chi connectivity index (χ1) is 8.33. The van der Waals surface area contributed by atoms with E-state index in [2.05, 4.69) is 22.8 Å². The SMILES string of the molecule is O=C(NCCC1CCNC1)C1CC2C=CC1C2. The van der Waals surface area contributed by atoms with Crippen LogP contribution in [0.2, 0.25) is 0 Å². The van der Waals surface area contributed by atoms with Crippen LogP contribution >= 0.6 is 0 Å². The molecule has 0 spiro atoms. The Morgan fingerprint density at radius 3 is 2.94 bits per heavy atom. The van der Waals surface area contributed by atoms with Crippen molar-refractivity contribution in [1.82, 2.24) is 10.6 Å². The van der Waals surface area contributed by atoms with Gasteiger partial charge in [-0.05, 0) is 56.5 Å². The lowest BCUT2D eigenvalue weighted by Gasteiger charge is -2.18. The molecule has 0 aromatic heterocycles. The Labute approximate surface area is 103 Å². The summed E-state index contributed by atoms with van der Waals surface area (Å²) in [5, 5.41) is 6.50. The average molecular weight is 234 g/mol. The largest absolute Gasteiger partial charge is 0.356 e. The number of carbonyl (C=O) groups is 1. The van der Waals surface area contributed by atoms with Gasteiger partial charge in [0.2, 0.25) is 5.91 Å². The maximum atomic E-state index is 12.0. The predicted octanol–water partition coefficient (Wildman–Crippen LogP) is 1.31. The summed E-state index contributed by atoms with van der Waals surface area (Å²) in [6.07, 6.45) is 9.24. The fraction of sp³-hybridized carbons (Fsp3) is 0.786. The minimum atomic E-state index is 0.270. The molecule has 1 saturated carbocycles. The minimum Gasteiger partial charge on any atom is -0.356 e. The van der Waals surface area contributed by atoms with Crippen LogP contribution in [-0.2, 0) is 4.79 Å². The molecule has 2 N–H and O–H groups in total. The first-order valence-electron chi connectivity index (χ1n) is 6.99. The Morgan fingerprint density at radius 2 is 2.29 bits per heavy atom. The summed E-state index contributed by atoms with van der Waals surface area (Å²) in [6.45, 7) is 3.14. The van der Waals surface area contributed by atoms with Gasteiger partial charge in [0.1, 0.15) is 0 Å². The lowest BCUT2D eigenvalue weighted by Crippen LogP contribution is -2.34. The molecule has 1 saturated heterocycles. The molecule has 0 radical (unpaired) electrons. The smallest absolute Gasteiger partial charge is 0.223 e. The van der Waals surface area contributed by atoms with Crippen molar-refractivity contribution in [3.8, 4) is 0 Å². The second-order valence-corrected chi connectivity index (χ2v) is 5.83. The molecule has 1 amide bonds. The van der Waals surface area contributed by atoms with Gasteiger partial charge in [0.15, 0.2) is 0 Å². The molecule has 4 unspecified atom stereocenters. The molecule has 2 fully saturated rings. The first-order valence-corrected chi connectivity index (χ1v) is 6.99. The molecule has 3 rings (SSSR count). The van der Waals surface area contributed by atoms with E-state index in [0.717, 1.165) is 38.4 Å². The summed E-state index contributed by atoms with van der Waals surface area (Å²) in [7, 11) is 0. The zero-order valence-corrected chi connectivity index (χ0v) is 10.3. The van der Waals surface area contributed by atoms with Crippen molar-refractivity contribution in [2.75, 3.05) is 19.6 Å². The van der Waals surface area contributed by atoms with Gasteiger partial charge in [-0.3, -0.25) is 4.79 Å². The number of fused-ring (bicyclic) bond motifs is 2. The van der Waals surface area contributed by atoms with Crippen LogP contribution < -0.4 is 10.6 Å². The van der Waals surface area contributed by atoms with Crippen LogP contribution in [0.3, 0.4) is 0 Å². The van der Waals surface area contributed by atoms with E-state index >= 15 is 0 Å². The molecule has 3 heteroatoms. The second kappa shape index (κ2) is 4.81. The number of nitrogens with one attached hydrogen (secondary N) is 2. The Kier molecular flexibility index (Phi) is 3.19. The number of rotatable bonds is 4. The van der Waals surface area contributed by atoms with Crippen molar-refractivity contribution in [3.63, 3.8) is 0 Å². The highest BCUT2D eigenvalue weighted by molar-refractivity contribution is 5.79. The zero-order valence-electron chi connectivity index (χ0n) is 10.3. The van der Waals surface area contributed by atoms with Gasteiger partial charge in [-0.2, -0.15) is 0 Å². The van der Waals surface area contributed by atoms with Gasteiger partial charge < -0.3 is 10.6 Å². The average Bonchev–Trinajstić information content (AvgIpc) is 3.05. The topological polar surface area (TPSA) is 41.1 Å². The highest BCUT2D eigenvalue weighted by Crippen LogP contribution is 2.43. The van der Waals surface area contributed by atoms with Crippen LogP contribution in [0.5, 0.6) is 0 Å². The Balaban J connectivity index is 1.40. The third-order valence-electron chi connectivity index (χ3n) is 4.63. The first kappa shape index (κ1) is 11.3. The number of amides is 1. The Morgan fingerprint density at radius 1 is 1.35 bits per heavy atom. The van der Waals surface area contributed by atoms with Crippen molar-refractivity contribution in [2.45, 2.75) is 25.7 Å². The van der Waals surface area contributed by atoms with Crippen molar-refractivity contribution in [3.05, 3.63) is 12.2 Å². The van der Waals surface area contributed by atoms with Crippen molar-refractivity contribution in [1.29, 1.82) is 0 Å². The van der Waals surface area contributed by atoms with E-state index < -0.39 is 0 Å². The summed E-state index contributed by atoms with van der Waals surface area (Å²) in [6, 6.07) is 0. The molecule has 3 aliphatic rings. The molecule has 1 heterocycles. The quantitative estimate of drug-likeness (QED) is 0.720. The highest BCUT2D eigenvalue weighted by atomic mass is 16.1. The molecule has 1 aliphatic heterocycles. The van der Waals surface area contributed by atoms with Gasteiger partial charge in [0.05, 0.1) is 0 Å². The number of carbonyl (C=O) groups excluding carboxylic acids is 1. The van der Waals surface area contributed by atoms with Gasteiger partial charge in [-0.15, -0.1) is 0 Å². The maximum absolute atomic E-state index is 12.0. The van der Waals surface area contributed by atoms with Crippen LogP contribution in [0, 0.1) is 23.7 Å². The lowest BCUT2D eigenvalue weighted by atomic mass is 9.92. The van der Waals surface area contributed by atoms with E-state index in [-0.39, 0.29) is 5.92 Å². The van der Waals surface area contributed by atoms with Crippen molar-refractivity contribution >= 4 is 5.91 Å². The normalized spacial score (nSPS) is 38.8. The number of hydrogen-bond donors (Lipinski definition) is 2. The Bertz CT molecular complexity index is 320. The van der Waals surface area contributed by atoms with Crippen molar-refractivity contribution in [2.24, 2.45) is 23.7 Å².